The summed E-state index contributed by atoms with van der Waals surface area (Å²) in [4.78, 5) is 16.0. The zero-order valence-electron chi connectivity index (χ0n) is 12.2. The quantitative estimate of drug-likeness (QED) is 0.794. The summed E-state index contributed by atoms with van der Waals surface area (Å²) in [5.74, 6) is 0. The molecule has 0 aliphatic rings. The number of carbonyl (C=O) groups is 1. The summed E-state index contributed by atoms with van der Waals surface area (Å²) in [5, 5.41) is 18.1. The van der Waals surface area contributed by atoms with E-state index in [2.05, 4.69) is 15.6 Å². The first-order valence-corrected chi connectivity index (χ1v) is 7.22. The number of aliphatic hydroxyl groups is 1. The minimum Gasteiger partial charge on any atom is -0.391 e. The van der Waals surface area contributed by atoms with Crippen LogP contribution < -0.4 is 10.6 Å². The number of aliphatic hydroxyl groups excluding tert-OH is 1. The van der Waals surface area contributed by atoms with Gasteiger partial charge < -0.3 is 15.7 Å². The van der Waals surface area contributed by atoms with Crippen molar-refractivity contribution in [2.75, 3.05) is 6.54 Å². The molecule has 0 radical (unpaired) electrons. The number of hydrogen-bond acceptors (Lipinski definition) is 4. The Bertz CT molecular complexity index is 426. The van der Waals surface area contributed by atoms with E-state index in [4.69, 9.17) is 0 Å². The summed E-state index contributed by atoms with van der Waals surface area (Å²) in [7, 11) is 0. The summed E-state index contributed by atoms with van der Waals surface area (Å²) in [6, 6.07) is -0.422. The van der Waals surface area contributed by atoms with Gasteiger partial charge in [0.25, 0.3) is 0 Å². The van der Waals surface area contributed by atoms with E-state index in [1.54, 1.807) is 0 Å². The molecule has 0 fully saturated rings. The first-order valence-electron chi connectivity index (χ1n) is 6.34. The minimum absolute atomic E-state index is 0.134. The van der Waals surface area contributed by atoms with Gasteiger partial charge in [-0.15, -0.1) is 11.3 Å². The second-order valence-corrected chi connectivity index (χ2v) is 6.67. The van der Waals surface area contributed by atoms with E-state index in [1.807, 2.05) is 40.0 Å². The van der Waals surface area contributed by atoms with Gasteiger partial charge in [0.2, 0.25) is 0 Å². The molecule has 5 nitrogen and oxygen atoms in total. The highest BCUT2D eigenvalue weighted by molar-refractivity contribution is 7.09. The summed E-state index contributed by atoms with van der Waals surface area (Å²) >= 11 is 1.53. The first kappa shape index (κ1) is 15.9. The van der Waals surface area contributed by atoms with E-state index in [0.29, 0.717) is 0 Å². The predicted molar refractivity (Wildman–Crippen MR) is 77.3 cm³/mol. The summed E-state index contributed by atoms with van der Waals surface area (Å²) in [6.07, 6.45) is -0.573. The molecule has 0 bridgehead atoms. The lowest BCUT2D eigenvalue weighted by Gasteiger charge is -2.26. The van der Waals surface area contributed by atoms with Crippen LogP contribution in [0.4, 0.5) is 4.79 Å². The molecule has 19 heavy (non-hydrogen) atoms. The number of thiazole rings is 1. The third-order valence-electron chi connectivity index (χ3n) is 2.81. The van der Waals surface area contributed by atoms with Crippen LogP contribution in [0.5, 0.6) is 0 Å². The lowest BCUT2D eigenvalue weighted by molar-refractivity contribution is 0.0649. The molecule has 0 saturated carbocycles. The molecular weight excluding hydrogens is 262 g/mol. The van der Waals surface area contributed by atoms with Gasteiger partial charge >= 0.3 is 6.03 Å². The highest BCUT2D eigenvalue weighted by Gasteiger charge is 2.22. The molecular formula is C13H23N3O2S. The second kappa shape index (κ2) is 6.34. The molecule has 1 heterocycles. The van der Waals surface area contributed by atoms with Gasteiger partial charge in [-0.05, 0) is 19.3 Å². The standard InChI is InChI=1S/C13H23N3O2S/c1-8-7-19-11(15-8)9(2)16-12(18)14-6-10(17)13(3,4)5/h7,9-10,17H,6H2,1-5H3,(H2,14,16,18). The van der Waals surface area contributed by atoms with Crippen LogP contribution in [0.3, 0.4) is 0 Å². The van der Waals surface area contributed by atoms with Crippen LogP contribution in [-0.4, -0.2) is 28.8 Å². The topological polar surface area (TPSA) is 74.2 Å². The Balaban J connectivity index is 2.39. The fourth-order valence-corrected chi connectivity index (χ4v) is 2.18. The Labute approximate surface area is 118 Å². The normalized spacial score (nSPS) is 14.8. The van der Waals surface area contributed by atoms with Crippen LogP contribution >= 0.6 is 11.3 Å². The molecule has 6 heteroatoms. The summed E-state index contributed by atoms with van der Waals surface area (Å²) in [6.45, 7) is 9.83. The molecule has 2 unspecified atom stereocenters. The number of amides is 2. The molecule has 0 aromatic carbocycles. The van der Waals surface area contributed by atoms with E-state index in [-0.39, 0.29) is 24.0 Å². The largest absolute Gasteiger partial charge is 0.391 e. The predicted octanol–water partition coefficient (Wildman–Crippen LogP) is 2.22. The molecule has 2 amide bonds. The average Bonchev–Trinajstić information content (AvgIpc) is 2.71. The smallest absolute Gasteiger partial charge is 0.315 e. The summed E-state index contributed by atoms with van der Waals surface area (Å²) < 4.78 is 0. The van der Waals surface area contributed by atoms with Crippen LogP contribution in [0.25, 0.3) is 0 Å². The van der Waals surface area contributed by atoms with Crippen molar-refractivity contribution >= 4 is 17.4 Å². The average molecular weight is 285 g/mol. The maximum atomic E-state index is 11.7. The SMILES string of the molecule is Cc1csc(C(C)NC(=O)NCC(O)C(C)(C)C)n1. The lowest BCUT2D eigenvalue weighted by Crippen LogP contribution is -2.44. The number of nitrogens with one attached hydrogen (secondary N) is 2. The molecule has 1 aromatic heterocycles. The number of hydrogen-bond donors (Lipinski definition) is 3. The van der Waals surface area contributed by atoms with Crippen molar-refractivity contribution in [3.63, 3.8) is 0 Å². The van der Waals surface area contributed by atoms with E-state index < -0.39 is 6.10 Å². The molecule has 1 rings (SSSR count). The van der Waals surface area contributed by atoms with Crippen molar-refractivity contribution in [3.05, 3.63) is 16.1 Å². The van der Waals surface area contributed by atoms with Crippen molar-refractivity contribution in [2.45, 2.75) is 46.8 Å². The number of carbonyl (C=O) groups excluding carboxylic acids is 1. The Hall–Kier alpha value is -1.14. The fraction of sp³-hybridized carbons (Fsp3) is 0.692. The third kappa shape index (κ3) is 5.16. The van der Waals surface area contributed by atoms with Gasteiger partial charge in [0, 0.05) is 17.6 Å². The van der Waals surface area contributed by atoms with Crippen molar-refractivity contribution in [1.29, 1.82) is 0 Å². The molecule has 0 spiro atoms. The number of urea groups is 1. The van der Waals surface area contributed by atoms with Crippen LogP contribution in [0, 0.1) is 12.3 Å². The van der Waals surface area contributed by atoms with Gasteiger partial charge in [0.05, 0.1) is 12.1 Å². The van der Waals surface area contributed by atoms with E-state index in [0.717, 1.165) is 10.7 Å². The second-order valence-electron chi connectivity index (χ2n) is 5.78. The Morgan fingerprint density at radius 1 is 1.53 bits per heavy atom. The van der Waals surface area contributed by atoms with E-state index in [9.17, 15) is 9.90 Å². The van der Waals surface area contributed by atoms with Crippen LogP contribution in [-0.2, 0) is 0 Å². The van der Waals surface area contributed by atoms with E-state index >= 15 is 0 Å². The zero-order chi connectivity index (χ0) is 14.6. The molecule has 1 aromatic rings. The third-order valence-corrected chi connectivity index (χ3v) is 3.96. The zero-order valence-corrected chi connectivity index (χ0v) is 13.0. The molecule has 108 valence electrons. The van der Waals surface area contributed by atoms with Gasteiger partial charge in [0.1, 0.15) is 5.01 Å². The Morgan fingerprint density at radius 3 is 2.63 bits per heavy atom. The molecule has 3 N–H and O–H groups in total. The van der Waals surface area contributed by atoms with Gasteiger partial charge in [-0.1, -0.05) is 20.8 Å². The number of rotatable bonds is 4. The summed E-state index contributed by atoms with van der Waals surface area (Å²) in [5.41, 5.74) is 0.711. The molecule has 2 atom stereocenters. The Kier molecular flexibility index (Phi) is 5.31. The highest BCUT2D eigenvalue weighted by Crippen LogP contribution is 2.19. The minimum atomic E-state index is -0.573. The van der Waals surface area contributed by atoms with Crippen molar-refractivity contribution in [1.82, 2.24) is 15.6 Å². The number of aromatic nitrogens is 1. The first-order chi connectivity index (χ1) is 8.70. The highest BCUT2D eigenvalue weighted by atomic mass is 32.1. The van der Waals surface area contributed by atoms with E-state index in [1.165, 1.54) is 11.3 Å². The monoisotopic (exact) mass is 285 g/mol. The number of nitrogens with zero attached hydrogens (tertiary/aromatic N) is 1. The van der Waals surface area contributed by atoms with Crippen LogP contribution in [0.1, 0.15) is 44.4 Å². The van der Waals surface area contributed by atoms with Crippen LogP contribution in [0.2, 0.25) is 0 Å². The fourth-order valence-electron chi connectivity index (χ4n) is 1.38. The number of aryl methyl sites for hydroxylation is 1. The van der Waals surface area contributed by atoms with Crippen LogP contribution in [0.15, 0.2) is 5.38 Å². The molecule has 0 saturated heterocycles. The molecule has 0 aliphatic carbocycles. The van der Waals surface area contributed by atoms with Gasteiger partial charge in [-0.2, -0.15) is 0 Å². The maximum absolute atomic E-state index is 11.7. The van der Waals surface area contributed by atoms with Crippen molar-refractivity contribution in [2.24, 2.45) is 5.41 Å². The van der Waals surface area contributed by atoms with Gasteiger partial charge in [0.15, 0.2) is 0 Å². The van der Waals surface area contributed by atoms with Gasteiger partial charge in [-0.3, -0.25) is 0 Å². The Morgan fingerprint density at radius 2 is 2.16 bits per heavy atom. The molecule has 0 aliphatic heterocycles. The van der Waals surface area contributed by atoms with Gasteiger partial charge in [-0.25, -0.2) is 9.78 Å². The maximum Gasteiger partial charge on any atom is 0.315 e. The van der Waals surface area contributed by atoms with Crippen molar-refractivity contribution < 1.29 is 9.90 Å². The van der Waals surface area contributed by atoms with Crippen molar-refractivity contribution in [3.8, 4) is 0 Å². The lowest BCUT2D eigenvalue weighted by atomic mass is 9.89.